The minimum atomic E-state index is -4.19. The van der Waals surface area contributed by atoms with Gasteiger partial charge >= 0.3 is 0 Å². The largest absolute Gasteiger partial charge is 0.495 e. The Morgan fingerprint density at radius 3 is 2.30 bits per heavy atom. The molecular formula is C30H36ClN3O5S. The number of benzene rings is 3. The SMILES string of the molecule is CCCNC(=O)[C@@H](C)N(Cc1ccccc1C)C(=O)CN(c1ccc(OC)c(Cl)c1)S(=O)(=O)c1ccc(C)cc1. The molecule has 3 aromatic rings. The van der Waals surface area contributed by atoms with Crippen LogP contribution in [0.15, 0.2) is 71.6 Å². The van der Waals surface area contributed by atoms with Crippen molar-refractivity contribution >= 4 is 39.1 Å². The Bertz CT molecular complexity index is 1440. The lowest BCUT2D eigenvalue weighted by Gasteiger charge is -2.32. The van der Waals surface area contributed by atoms with Gasteiger partial charge in [0.15, 0.2) is 0 Å². The lowest BCUT2D eigenvalue weighted by Crippen LogP contribution is -2.51. The second-order valence-corrected chi connectivity index (χ2v) is 11.8. The minimum Gasteiger partial charge on any atom is -0.495 e. The number of rotatable bonds is 12. The van der Waals surface area contributed by atoms with Crippen LogP contribution in [-0.2, 0) is 26.2 Å². The van der Waals surface area contributed by atoms with Crippen LogP contribution in [0.3, 0.4) is 0 Å². The fraction of sp³-hybridized carbons (Fsp3) is 0.333. The molecule has 1 N–H and O–H groups in total. The Balaban J connectivity index is 2.07. The van der Waals surface area contributed by atoms with Crippen molar-refractivity contribution in [3.63, 3.8) is 0 Å². The molecule has 3 rings (SSSR count). The van der Waals surface area contributed by atoms with Crippen molar-refractivity contribution in [2.45, 2.75) is 51.6 Å². The number of methoxy groups -OCH3 is 1. The molecule has 10 heteroatoms. The third kappa shape index (κ3) is 7.34. The molecule has 0 fully saturated rings. The zero-order chi connectivity index (χ0) is 29.4. The Morgan fingerprint density at radius 2 is 1.70 bits per heavy atom. The molecule has 3 aromatic carbocycles. The highest BCUT2D eigenvalue weighted by Crippen LogP contribution is 2.32. The predicted molar refractivity (Wildman–Crippen MR) is 158 cm³/mol. The number of sulfonamides is 1. The molecule has 8 nitrogen and oxygen atoms in total. The monoisotopic (exact) mass is 585 g/mol. The van der Waals surface area contributed by atoms with E-state index in [-0.39, 0.29) is 28.1 Å². The molecule has 40 heavy (non-hydrogen) atoms. The van der Waals surface area contributed by atoms with E-state index in [1.807, 2.05) is 45.0 Å². The number of nitrogens with one attached hydrogen (secondary N) is 1. The van der Waals surface area contributed by atoms with E-state index in [2.05, 4.69) is 5.32 Å². The number of nitrogens with zero attached hydrogens (tertiary/aromatic N) is 2. The van der Waals surface area contributed by atoms with Crippen LogP contribution in [0.25, 0.3) is 0 Å². The van der Waals surface area contributed by atoms with Crippen LogP contribution in [0.2, 0.25) is 5.02 Å². The van der Waals surface area contributed by atoms with Crippen LogP contribution in [0.4, 0.5) is 5.69 Å². The van der Waals surface area contributed by atoms with Gasteiger partial charge in [-0.2, -0.15) is 0 Å². The van der Waals surface area contributed by atoms with Crippen LogP contribution in [-0.4, -0.2) is 51.4 Å². The lowest BCUT2D eigenvalue weighted by molar-refractivity contribution is -0.139. The first-order valence-corrected chi connectivity index (χ1v) is 14.9. The summed E-state index contributed by atoms with van der Waals surface area (Å²) in [5.41, 5.74) is 2.89. The quantitative estimate of drug-likeness (QED) is 0.319. The molecule has 0 aliphatic carbocycles. The van der Waals surface area contributed by atoms with E-state index >= 15 is 0 Å². The molecule has 0 bridgehead atoms. The van der Waals surface area contributed by atoms with E-state index < -0.39 is 28.5 Å². The van der Waals surface area contributed by atoms with Crippen molar-refractivity contribution in [1.82, 2.24) is 10.2 Å². The van der Waals surface area contributed by atoms with E-state index in [1.54, 1.807) is 25.1 Å². The molecule has 0 aliphatic heterocycles. The van der Waals surface area contributed by atoms with Crippen molar-refractivity contribution in [2.75, 3.05) is 24.5 Å². The predicted octanol–water partition coefficient (Wildman–Crippen LogP) is 5.10. The normalized spacial score (nSPS) is 11.9. The number of halogens is 1. The molecule has 0 radical (unpaired) electrons. The van der Waals surface area contributed by atoms with E-state index in [0.29, 0.717) is 12.3 Å². The standard InChI is InChI=1S/C30H36ClN3O5S/c1-6-17-32-30(36)23(4)33(19-24-10-8-7-9-22(24)3)29(35)20-34(25-13-16-28(39-5)27(31)18-25)40(37,38)26-14-11-21(2)12-15-26/h7-16,18,23H,6,17,19-20H2,1-5H3,(H,32,36)/t23-/m1/s1. The van der Waals surface area contributed by atoms with Crippen molar-refractivity contribution in [3.05, 3.63) is 88.4 Å². The summed E-state index contributed by atoms with van der Waals surface area (Å²) in [6.45, 7) is 7.42. The van der Waals surface area contributed by atoms with Gasteiger partial charge in [0.05, 0.1) is 22.7 Å². The van der Waals surface area contributed by atoms with Gasteiger partial charge in [-0.1, -0.05) is 60.5 Å². The summed E-state index contributed by atoms with van der Waals surface area (Å²) in [4.78, 5) is 28.4. The van der Waals surface area contributed by atoms with Crippen LogP contribution in [0.5, 0.6) is 5.75 Å². The number of hydrogen-bond acceptors (Lipinski definition) is 5. The minimum absolute atomic E-state index is 0.0250. The van der Waals surface area contributed by atoms with Gasteiger partial charge in [0.1, 0.15) is 18.3 Å². The summed E-state index contributed by atoms with van der Waals surface area (Å²) in [6, 6.07) is 17.6. The Hall–Kier alpha value is -3.56. The van der Waals surface area contributed by atoms with Crippen molar-refractivity contribution < 1.29 is 22.7 Å². The number of ether oxygens (including phenoxy) is 1. The van der Waals surface area contributed by atoms with Gasteiger partial charge in [-0.3, -0.25) is 13.9 Å². The van der Waals surface area contributed by atoms with Gasteiger partial charge in [0.25, 0.3) is 10.0 Å². The first-order valence-electron chi connectivity index (χ1n) is 13.0. The number of carbonyl (C=O) groups excluding carboxylic acids is 2. The summed E-state index contributed by atoms with van der Waals surface area (Å²) in [5, 5.41) is 3.03. The third-order valence-corrected chi connectivity index (χ3v) is 8.71. The Labute approximate surface area is 241 Å². The fourth-order valence-electron chi connectivity index (χ4n) is 4.13. The van der Waals surface area contributed by atoms with Crippen LogP contribution in [0.1, 0.15) is 37.0 Å². The molecule has 1 atom stereocenters. The first-order chi connectivity index (χ1) is 19.0. The van der Waals surface area contributed by atoms with Gasteiger partial charge in [-0.05, 0) is 68.7 Å². The van der Waals surface area contributed by atoms with Crippen LogP contribution in [0, 0.1) is 13.8 Å². The van der Waals surface area contributed by atoms with E-state index in [4.69, 9.17) is 16.3 Å². The summed E-state index contributed by atoms with van der Waals surface area (Å²) in [6.07, 6.45) is 0.741. The third-order valence-electron chi connectivity index (χ3n) is 6.63. The van der Waals surface area contributed by atoms with Crippen molar-refractivity contribution in [1.29, 1.82) is 0 Å². The molecule has 0 aliphatic rings. The average Bonchev–Trinajstić information content (AvgIpc) is 2.93. The van der Waals surface area contributed by atoms with Gasteiger partial charge in [0.2, 0.25) is 11.8 Å². The van der Waals surface area contributed by atoms with Gasteiger partial charge < -0.3 is 15.0 Å². The second-order valence-electron chi connectivity index (χ2n) is 9.56. The van der Waals surface area contributed by atoms with E-state index in [1.165, 1.54) is 36.3 Å². The lowest BCUT2D eigenvalue weighted by atomic mass is 10.1. The summed E-state index contributed by atoms with van der Waals surface area (Å²) < 4.78 is 34.1. The fourth-order valence-corrected chi connectivity index (χ4v) is 5.78. The van der Waals surface area contributed by atoms with Crippen molar-refractivity contribution in [2.24, 2.45) is 0 Å². The Morgan fingerprint density at radius 1 is 1.02 bits per heavy atom. The summed E-state index contributed by atoms with van der Waals surface area (Å²) >= 11 is 6.36. The van der Waals surface area contributed by atoms with E-state index in [9.17, 15) is 18.0 Å². The highest BCUT2D eigenvalue weighted by molar-refractivity contribution is 7.92. The number of hydrogen-bond donors (Lipinski definition) is 1. The zero-order valence-corrected chi connectivity index (χ0v) is 25.1. The maximum atomic E-state index is 14.0. The van der Waals surface area contributed by atoms with Crippen LogP contribution < -0.4 is 14.4 Å². The summed E-state index contributed by atoms with van der Waals surface area (Å²) in [7, 11) is -2.73. The molecule has 0 spiro atoms. The molecule has 0 saturated carbocycles. The highest BCUT2D eigenvalue weighted by Gasteiger charge is 2.33. The smallest absolute Gasteiger partial charge is 0.264 e. The molecule has 214 valence electrons. The van der Waals surface area contributed by atoms with Crippen LogP contribution >= 0.6 is 11.6 Å². The summed E-state index contributed by atoms with van der Waals surface area (Å²) in [5.74, 6) is -0.485. The average molecular weight is 586 g/mol. The maximum absolute atomic E-state index is 14.0. The van der Waals surface area contributed by atoms with Gasteiger partial charge in [-0.15, -0.1) is 0 Å². The highest BCUT2D eigenvalue weighted by atomic mass is 35.5. The zero-order valence-electron chi connectivity index (χ0n) is 23.5. The first kappa shape index (κ1) is 31.0. The Kier molecular flexibility index (Phi) is 10.6. The maximum Gasteiger partial charge on any atom is 0.264 e. The molecule has 0 saturated heterocycles. The topological polar surface area (TPSA) is 96.0 Å². The van der Waals surface area contributed by atoms with Crippen molar-refractivity contribution in [3.8, 4) is 5.75 Å². The number of anilines is 1. The van der Waals surface area contributed by atoms with E-state index in [0.717, 1.165) is 27.4 Å². The number of carbonyl (C=O) groups is 2. The molecule has 2 amide bonds. The molecule has 0 aromatic heterocycles. The molecular weight excluding hydrogens is 550 g/mol. The molecule has 0 heterocycles. The second kappa shape index (κ2) is 13.7. The molecule has 0 unspecified atom stereocenters. The van der Waals surface area contributed by atoms with Gasteiger partial charge in [0, 0.05) is 13.1 Å². The van der Waals surface area contributed by atoms with Gasteiger partial charge in [-0.25, -0.2) is 8.42 Å². The number of amides is 2. The number of aryl methyl sites for hydroxylation is 2.